The zero-order valence-electron chi connectivity index (χ0n) is 9.63. The van der Waals surface area contributed by atoms with Crippen LogP contribution in [-0.2, 0) is 16.1 Å². The standard InChI is InChI=1S/C12H15BrFNO2/c1-2-17-12(16)5-6-15-8-9-7-10(14)3-4-11(9)13/h3-4,7,15H,2,5-6,8H2,1H3. The van der Waals surface area contributed by atoms with Crippen molar-refractivity contribution in [3.05, 3.63) is 34.1 Å². The van der Waals surface area contributed by atoms with Crippen LogP contribution in [0.5, 0.6) is 0 Å². The predicted octanol–water partition coefficient (Wildman–Crippen LogP) is 2.63. The van der Waals surface area contributed by atoms with Crippen molar-refractivity contribution < 1.29 is 13.9 Å². The highest BCUT2D eigenvalue weighted by Gasteiger charge is 2.03. The van der Waals surface area contributed by atoms with Crippen LogP contribution in [0.3, 0.4) is 0 Å². The van der Waals surface area contributed by atoms with Gasteiger partial charge in [-0.1, -0.05) is 15.9 Å². The number of hydrogen-bond donors (Lipinski definition) is 1. The van der Waals surface area contributed by atoms with Gasteiger partial charge in [0, 0.05) is 17.6 Å². The first kappa shape index (κ1) is 14.1. The summed E-state index contributed by atoms with van der Waals surface area (Å²) in [4.78, 5) is 11.0. The fourth-order valence-electron chi connectivity index (χ4n) is 1.33. The second-order valence-corrected chi connectivity index (χ2v) is 4.32. The van der Waals surface area contributed by atoms with Gasteiger partial charge in [0.05, 0.1) is 13.0 Å². The summed E-state index contributed by atoms with van der Waals surface area (Å²) in [6.45, 7) is 3.20. The topological polar surface area (TPSA) is 38.3 Å². The molecule has 0 amide bonds. The summed E-state index contributed by atoms with van der Waals surface area (Å²) in [7, 11) is 0. The predicted molar refractivity (Wildman–Crippen MR) is 67.1 cm³/mol. The second-order valence-electron chi connectivity index (χ2n) is 3.47. The van der Waals surface area contributed by atoms with Crippen LogP contribution < -0.4 is 5.32 Å². The van der Waals surface area contributed by atoms with Crippen LogP contribution in [0.25, 0.3) is 0 Å². The van der Waals surface area contributed by atoms with Crippen LogP contribution in [0.1, 0.15) is 18.9 Å². The molecule has 5 heteroatoms. The molecule has 1 N–H and O–H groups in total. The van der Waals surface area contributed by atoms with Crippen molar-refractivity contribution >= 4 is 21.9 Å². The summed E-state index contributed by atoms with van der Waals surface area (Å²) in [5, 5.41) is 3.06. The van der Waals surface area contributed by atoms with Crippen molar-refractivity contribution in [2.75, 3.05) is 13.2 Å². The third-order valence-corrected chi connectivity index (χ3v) is 2.91. The summed E-state index contributed by atoms with van der Waals surface area (Å²) >= 11 is 3.34. The fourth-order valence-corrected chi connectivity index (χ4v) is 1.71. The number of esters is 1. The van der Waals surface area contributed by atoms with Gasteiger partial charge in [0.1, 0.15) is 5.82 Å². The van der Waals surface area contributed by atoms with Gasteiger partial charge in [-0.15, -0.1) is 0 Å². The van der Waals surface area contributed by atoms with Crippen molar-refractivity contribution in [3.63, 3.8) is 0 Å². The number of nitrogens with one attached hydrogen (secondary N) is 1. The van der Waals surface area contributed by atoms with Crippen LogP contribution in [0.15, 0.2) is 22.7 Å². The number of carbonyl (C=O) groups is 1. The number of halogens is 2. The Morgan fingerprint density at radius 3 is 3.00 bits per heavy atom. The van der Waals surface area contributed by atoms with E-state index < -0.39 is 0 Å². The van der Waals surface area contributed by atoms with E-state index in [1.807, 2.05) is 0 Å². The molecule has 0 saturated carbocycles. The Kier molecular flexibility index (Phi) is 6.15. The van der Waals surface area contributed by atoms with Gasteiger partial charge in [0.2, 0.25) is 0 Å². The highest BCUT2D eigenvalue weighted by atomic mass is 79.9. The third kappa shape index (κ3) is 5.28. The minimum Gasteiger partial charge on any atom is -0.466 e. The lowest BCUT2D eigenvalue weighted by molar-refractivity contribution is -0.142. The van der Waals surface area contributed by atoms with Gasteiger partial charge in [0.15, 0.2) is 0 Å². The first-order valence-corrected chi connectivity index (χ1v) is 6.23. The lowest BCUT2D eigenvalue weighted by Crippen LogP contribution is -2.19. The third-order valence-electron chi connectivity index (χ3n) is 2.13. The molecule has 0 radical (unpaired) electrons. The van der Waals surface area contributed by atoms with E-state index >= 15 is 0 Å². The average molecular weight is 304 g/mol. The molecule has 0 bridgehead atoms. The molecule has 17 heavy (non-hydrogen) atoms. The van der Waals surface area contributed by atoms with Gasteiger partial charge in [-0.25, -0.2) is 4.39 Å². The Balaban J connectivity index is 2.31. The van der Waals surface area contributed by atoms with Gasteiger partial charge < -0.3 is 10.1 Å². The van der Waals surface area contributed by atoms with Gasteiger partial charge in [0.25, 0.3) is 0 Å². The van der Waals surface area contributed by atoms with E-state index in [0.29, 0.717) is 26.1 Å². The van der Waals surface area contributed by atoms with Crippen LogP contribution in [0.2, 0.25) is 0 Å². The number of carbonyl (C=O) groups excluding carboxylic acids is 1. The van der Waals surface area contributed by atoms with E-state index in [9.17, 15) is 9.18 Å². The summed E-state index contributed by atoms with van der Waals surface area (Å²) in [6.07, 6.45) is 0.320. The van der Waals surface area contributed by atoms with E-state index in [1.54, 1.807) is 13.0 Å². The molecular weight excluding hydrogens is 289 g/mol. The molecule has 0 aliphatic rings. The largest absolute Gasteiger partial charge is 0.466 e. The first-order chi connectivity index (χ1) is 8.13. The SMILES string of the molecule is CCOC(=O)CCNCc1cc(F)ccc1Br. The quantitative estimate of drug-likeness (QED) is 0.648. The monoisotopic (exact) mass is 303 g/mol. The van der Waals surface area contributed by atoms with Gasteiger partial charge in [-0.2, -0.15) is 0 Å². The minimum atomic E-state index is -0.268. The van der Waals surface area contributed by atoms with Crippen molar-refractivity contribution in [2.24, 2.45) is 0 Å². The molecule has 0 heterocycles. The molecule has 0 aliphatic carbocycles. The first-order valence-electron chi connectivity index (χ1n) is 5.43. The van der Waals surface area contributed by atoms with Crippen molar-refractivity contribution in [1.29, 1.82) is 0 Å². The Labute approximate surface area is 108 Å². The van der Waals surface area contributed by atoms with E-state index in [4.69, 9.17) is 4.74 Å². The maximum Gasteiger partial charge on any atom is 0.307 e. The summed E-state index contributed by atoms with van der Waals surface area (Å²) in [5.41, 5.74) is 0.828. The molecule has 0 fully saturated rings. The van der Waals surface area contributed by atoms with Crippen molar-refractivity contribution in [3.8, 4) is 0 Å². The van der Waals surface area contributed by atoms with Crippen LogP contribution >= 0.6 is 15.9 Å². The normalized spacial score (nSPS) is 10.3. The smallest absolute Gasteiger partial charge is 0.307 e. The van der Waals surface area contributed by atoms with Gasteiger partial charge >= 0.3 is 5.97 Å². The molecule has 0 saturated heterocycles. The molecular formula is C12H15BrFNO2. The number of ether oxygens (including phenoxy) is 1. The lowest BCUT2D eigenvalue weighted by Gasteiger charge is -2.07. The van der Waals surface area contributed by atoms with E-state index in [1.165, 1.54) is 12.1 Å². The maximum atomic E-state index is 13.0. The average Bonchev–Trinajstić information content (AvgIpc) is 2.29. The zero-order valence-corrected chi connectivity index (χ0v) is 11.2. The summed E-state index contributed by atoms with van der Waals surface area (Å²) < 4.78 is 18.6. The summed E-state index contributed by atoms with van der Waals surface area (Å²) in [6, 6.07) is 4.52. The van der Waals surface area contributed by atoms with Crippen LogP contribution in [0.4, 0.5) is 4.39 Å². The molecule has 0 spiro atoms. The molecule has 94 valence electrons. The Bertz CT molecular complexity index is 385. The summed E-state index contributed by atoms with van der Waals surface area (Å²) in [5.74, 6) is -0.492. The Morgan fingerprint density at radius 2 is 2.29 bits per heavy atom. The van der Waals surface area contributed by atoms with E-state index in [-0.39, 0.29) is 11.8 Å². The molecule has 0 aromatic heterocycles. The molecule has 0 unspecified atom stereocenters. The Morgan fingerprint density at radius 1 is 1.53 bits per heavy atom. The molecule has 1 aromatic carbocycles. The number of hydrogen-bond acceptors (Lipinski definition) is 3. The van der Waals surface area contributed by atoms with E-state index in [2.05, 4.69) is 21.2 Å². The van der Waals surface area contributed by atoms with E-state index in [0.717, 1.165) is 10.0 Å². The molecule has 3 nitrogen and oxygen atoms in total. The highest BCUT2D eigenvalue weighted by Crippen LogP contribution is 2.17. The van der Waals surface area contributed by atoms with Gasteiger partial charge in [-0.05, 0) is 30.7 Å². The maximum absolute atomic E-state index is 13.0. The molecule has 0 aliphatic heterocycles. The molecule has 0 atom stereocenters. The molecule has 1 rings (SSSR count). The van der Waals surface area contributed by atoms with Crippen LogP contribution in [-0.4, -0.2) is 19.1 Å². The second kappa shape index (κ2) is 7.40. The molecule has 1 aromatic rings. The highest BCUT2D eigenvalue weighted by molar-refractivity contribution is 9.10. The lowest BCUT2D eigenvalue weighted by atomic mass is 10.2. The van der Waals surface area contributed by atoms with Crippen molar-refractivity contribution in [1.82, 2.24) is 5.32 Å². The van der Waals surface area contributed by atoms with Crippen LogP contribution in [0, 0.1) is 5.82 Å². The fraction of sp³-hybridized carbons (Fsp3) is 0.417. The number of benzene rings is 1. The zero-order chi connectivity index (χ0) is 12.7. The minimum absolute atomic E-state index is 0.224. The number of rotatable bonds is 6. The Hall–Kier alpha value is -0.940. The van der Waals surface area contributed by atoms with Crippen molar-refractivity contribution in [2.45, 2.75) is 19.9 Å². The van der Waals surface area contributed by atoms with Gasteiger partial charge in [-0.3, -0.25) is 4.79 Å².